The molecule has 3 heterocycles. The van der Waals surface area contributed by atoms with E-state index in [1.54, 1.807) is 20.7 Å². The van der Waals surface area contributed by atoms with Crippen LogP contribution in [0.25, 0.3) is 20.7 Å². The predicted octanol–water partition coefficient (Wildman–Crippen LogP) is 2.70. The number of nitrogens with zero attached hydrogens (tertiary/aromatic N) is 3. The molecule has 15 heavy (non-hydrogen) atoms. The van der Waals surface area contributed by atoms with Crippen molar-refractivity contribution in [1.29, 1.82) is 0 Å². The van der Waals surface area contributed by atoms with Crippen molar-refractivity contribution in [2.75, 3.05) is 0 Å². The molecule has 0 spiro atoms. The summed E-state index contributed by atoms with van der Waals surface area (Å²) in [6.45, 7) is 3.00. The largest absolute Gasteiger partial charge is 0.388 e. The molecule has 0 amide bonds. The lowest BCUT2D eigenvalue weighted by Crippen LogP contribution is -2.35. The summed E-state index contributed by atoms with van der Waals surface area (Å²) in [6, 6.07) is 0. The zero-order valence-electron chi connectivity index (χ0n) is 7.64. The molecule has 80 valence electrons. The Balaban J connectivity index is 2.64. The number of halogens is 1. The van der Waals surface area contributed by atoms with Gasteiger partial charge in [-0.3, -0.25) is 0 Å². The zero-order chi connectivity index (χ0) is 10.4. The van der Waals surface area contributed by atoms with Gasteiger partial charge in [-0.2, -0.15) is 0 Å². The number of pyridine rings is 1. The van der Waals surface area contributed by atoms with E-state index in [2.05, 4.69) is 20.2 Å². The van der Waals surface area contributed by atoms with E-state index < -0.39 is 0 Å². The summed E-state index contributed by atoms with van der Waals surface area (Å²) < 4.78 is 13.3. The van der Waals surface area contributed by atoms with Gasteiger partial charge in [-0.1, -0.05) is 18.5 Å². The molecule has 0 N–H and O–H groups in total. The summed E-state index contributed by atoms with van der Waals surface area (Å²) in [5.41, 5.74) is 1.99. The van der Waals surface area contributed by atoms with Crippen molar-refractivity contribution < 1.29 is 4.57 Å². The molecule has 3 rings (SSSR count). The van der Waals surface area contributed by atoms with E-state index in [9.17, 15) is 0 Å². The molecule has 3 aromatic rings. The van der Waals surface area contributed by atoms with Gasteiger partial charge in [-0.15, -0.1) is 8.75 Å². The van der Waals surface area contributed by atoms with Crippen LogP contribution in [0.3, 0.4) is 0 Å². The third-order valence-corrected chi connectivity index (χ3v) is 6.69. The predicted molar refractivity (Wildman–Crippen MR) is 70.9 cm³/mol. The fourth-order valence-corrected chi connectivity index (χ4v) is 6.32. The second-order valence-electron chi connectivity index (χ2n) is 2.91. The lowest BCUT2D eigenvalue weighted by Gasteiger charge is -2.10. The average Bonchev–Trinajstić information content (AvgIpc) is 2.85. The molecule has 0 bridgehead atoms. The minimum Gasteiger partial charge on any atom is -0.388 e. The van der Waals surface area contributed by atoms with Crippen LogP contribution in [0.4, 0.5) is 0 Å². The molecular weight excluding hydrogens is 290 g/mol. The Kier molecular flexibility index (Phi) is 2.52. The van der Waals surface area contributed by atoms with Gasteiger partial charge in [-0.05, 0) is 6.54 Å². The highest BCUT2D eigenvalue weighted by Crippen LogP contribution is 2.35. The number of hydrogen-bond donors (Lipinski definition) is 0. The smallest absolute Gasteiger partial charge is 0.117 e. The Labute approximate surface area is 105 Å². The van der Waals surface area contributed by atoms with E-state index in [1.165, 1.54) is 0 Å². The molecular formula is C7H7ClN3S4+. The maximum absolute atomic E-state index is 6.34. The van der Waals surface area contributed by atoms with E-state index in [0.717, 1.165) is 53.3 Å². The molecule has 8 heteroatoms. The van der Waals surface area contributed by atoms with Crippen molar-refractivity contribution in [3.05, 3.63) is 5.02 Å². The van der Waals surface area contributed by atoms with Gasteiger partial charge in [0.25, 0.3) is 0 Å². The van der Waals surface area contributed by atoms with E-state index in [1.807, 2.05) is 0 Å². The van der Waals surface area contributed by atoms with Gasteiger partial charge in [0.15, 0.2) is 0 Å². The second-order valence-corrected chi connectivity index (χ2v) is 7.27. The van der Waals surface area contributed by atoms with E-state index >= 15 is 0 Å². The molecule has 0 saturated carbocycles. The van der Waals surface area contributed by atoms with Crippen LogP contribution in [0.15, 0.2) is 0 Å². The Hall–Kier alpha value is -0.0800. The highest BCUT2D eigenvalue weighted by molar-refractivity contribution is 7.71. The van der Waals surface area contributed by atoms with Gasteiger partial charge in [0, 0.05) is 0 Å². The number of aromatic nitrogens is 3. The Bertz CT molecular complexity index is 594. The monoisotopic (exact) mass is 296 g/mol. The molecule has 0 radical (unpaired) electrons. The minimum atomic E-state index is 0.835. The fourth-order valence-electron chi connectivity index (χ4n) is 1.50. The molecule has 0 aliphatic carbocycles. The highest BCUT2D eigenvalue weighted by Gasteiger charge is 2.14. The van der Waals surface area contributed by atoms with E-state index in [-0.39, 0.29) is 0 Å². The van der Waals surface area contributed by atoms with E-state index in [0.29, 0.717) is 0 Å². The number of aryl methyl sites for hydroxylation is 1. The summed E-state index contributed by atoms with van der Waals surface area (Å²) in [6.07, 6.45) is 0. The first-order chi connectivity index (χ1) is 7.33. The van der Waals surface area contributed by atoms with Crippen LogP contribution in [0.5, 0.6) is 0 Å². The normalized spacial score (nSPS) is 11.6. The van der Waals surface area contributed by atoms with Gasteiger partial charge < -0.3 is 4.57 Å². The Morgan fingerprint density at radius 1 is 1.20 bits per heavy atom. The second kappa shape index (κ2) is 3.74. The van der Waals surface area contributed by atoms with Gasteiger partial charge in [0.05, 0.1) is 37.4 Å². The summed E-state index contributed by atoms with van der Waals surface area (Å²) in [5.74, 6) is 0. The molecule has 3 aromatic heterocycles. The zero-order valence-corrected chi connectivity index (χ0v) is 11.8. The first-order valence-corrected chi connectivity index (χ1v) is 9.20. The molecule has 0 unspecified atom stereocenters. The average molecular weight is 297 g/mol. The molecule has 3 nitrogen and oxygen atoms in total. The van der Waals surface area contributed by atoms with Crippen LogP contribution in [0.2, 0.25) is 5.02 Å². The van der Waals surface area contributed by atoms with Crippen molar-refractivity contribution >= 4 is 74.0 Å². The molecule has 0 fully saturated rings. The van der Waals surface area contributed by atoms with Gasteiger partial charge in [0.1, 0.15) is 30.1 Å². The summed E-state index contributed by atoms with van der Waals surface area (Å²) in [7, 11) is 5.39. The maximum Gasteiger partial charge on any atom is 0.117 e. The minimum absolute atomic E-state index is 0.835. The molecule has 0 aliphatic heterocycles. The van der Waals surface area contributed by atoms with Crippen molar-refractivity contribution in [3.8, 4) is 0 Å². The molecule has 0 atom stereocenters. The fraction of sp³-hybridized carbons (Fsp3) is 0.286. The summed E-state index contributed by atoms with van der Waals surface area (Å²) >= 11 is 6.34. The standard InChI is InChI=1S/C7H7ClN3S4/c1-2-11-6-4(12-14-9-6)3(8)5-7(11)10-15-13-5/h14-15H,2H2,1H3/q+1. The first kappa shape index (κ1) is 10.1. The van der Waals surface area contributed by atoms with Crippen molar-refractivity contribution in [2.24, 2.45) is 0 Å². The SMILES string of the molecule is CC[n+]1c2[n-][sH+]sc2c(Cl)c2s[sH+][n-]c21. The van der Waals surface area contributed by atoms with Crippen LogP contribution in [0, 0.1) is 0 Å². The van der Waals surface area contributed by atoms with Crippen molar-refractivity contribution in [1.82, 2.24) is 8.75 Å². The first-order valence-electron chi connectivity index (χ1n) is 4.28. The van der Waals surface area contributed by atoms with E-state index in [4.69, 9.17) is 11.6 Å². The molecule has 0 aliphatic rings. The van der Waals surface area contributed by atoms with Crippen LogP contribution in [-0.2, 0) is 6.54 Å². The topological polar surface area (TPSA) is 32.1 Å². The van der Waals surface area contributed by atoms with Gasteiger partial charge in [0.2, 0.25) is 0 Å². The quantitative estimate of drug-likeness (QED) is 0.393. The number of hydrogen-bond acceptors (Lipinski definition) is 2. The molecule has 0 aromatic carbocycles. The van der Waals surface area contributed by atoms with Crippen LogP contribution >= 0.6 is 53.4 Å². The number of rotatable bonds is 1. The Morgan fingerprint density at radius 3 is 2.20 bits per heavy atom. The van der Waals surface area contributed by atoms with Gasteiger partial charge in [-0.25, -0.2) is 0 Å². The number of fused-ring (bicyclic) bond motifs is 2. The third kappa shape index (κ3) is 1.38. The highest BCUT2D eigenvalue weighted by atomic mass is 35.5. The van der Waals surface area contributed by atoms with Crippen molar-refractivity contribution in [2.45, 2.75) is 13.5 Å². The summed E-state index contributed by atoms with van der Waals surface area (Å²) in [5, 5.41) is 0.835. The van der Waals surface area contributed by atoms with Crippen LogP contribution < -0.4 is 13.3 Å². The Morgan fingerprint density at radius 2 is 1.73 bits per heavy atom. The third-order valence-electron chi connectivity index (χ3n) is 2.17. The lowest BCUT2D eigenvalue weighted by atomic mass is 10.4. The molecule has 0 saturated heterocycles. The van der Waals surface area contributed by atoms with Crippen molar-refractivity contribution in [3.63, 3.8) is 0 Å². The maximum atomic E-state index is 6.34. The van der Waals surface area contributed by atoms with Crippen LogP contribution in [-0.4, -0.2) is 0 Å². The van der Waals surface area contributed by atoms with Crippen LogP contribution in [0.1, 0.15) is 6.92 Å². The summed E-state index contributed by atoms with van der Waals surface area (Å²) in [4.78, 5) is 0. The van der Waals surface area contributed by atoms with Gasteiger partial charge >= 0.3 is 0 Å². The lowest BCUT2D eigenvalue weighted by molar-refractivity contribution is -0.645.